The number of benzene rings is 1. The largest absolute Gasteiger partial charge is 0.369 e. The number of hydrogen-bond acceptors (Lipinski definition) is 4. The van der Waals surface area contributed by atoms with Gasteiger partial charge in [0.25, 0.3) is 5.91 Å². The van der Waals surface area contributed by atoms with E-state index in [1.807, 2.05) is 12.1 Å². The van der Waals surface area contributed by atoms with Crippen molar-refractivity contribution in [1.82, 2.24) is 14.7 Å². The molecule has 3 saturated heterocycles. The summed E-state index contributed by atoms with van der Waals surface area (Å²) in [6.45, 7) is 6.09. The average molecular weight is 388 g/mol. The summed E-state index contributed by atoms with van der Waals surface area (Å²) < 4.78 is 13.1. The summed E-state index contributed by atoms with van der Waals surface area (Å²) in [6.07, 6.45) is 4.71. The van der Waals surface area contributed by atoms with Gasteiger partial charge in [0.1, 0.15) is 11.9 Å². The Morgan fingerprint density at radius 3 is 2.32 bits per heavy atom. The molecule has 0 unspecified atom stereocenters. The minimum Gasteiger partial charge on any atom is -0.369 e. The normalized spacial score (nSPS) is 23.5. The quantitative estimate of drug-likeness (QED) is 0.555. The lowest BCUT2D eigenvalue weighted by atomic mass is 10.0. The molecule has 28 heavy (non-hydrogen) atoms. The van der Waals surface area contributed by atoms with Crippen LogP contribution < -0.4 is 4.90 Å². The molecule has 3 heterocycles. The van der Waals surface area contributed by atoms with E-state index < -0.39 is 0 Å². The third-order valence-corrected chi connectivity index (χ3v) is 6.20. The fraction of sp³-hybridized carbons (Fsp3) is 0.619. The Hall–Kier alpha value is -2.15. The molecule has 1 atom stereocenters. The zero-order valence-corrected chi connectivity index (χ0v) is 16.4. The first-order chi connectivity index (χ1) is 13.6. The molecule has 0 saturated carbocycles. The summed E-state index contributed by atoms with van der Waals surface area (Å²) in [7, 11) is 0. The Balaban J connectivity index is 1.17. The van der Waals surface area contributed by atoms with Crippen LogP contribution >= 0.6 is 0 Å². The highest BCUT2D eigenvalue weighted by Crippen LogP contribution is 2.26. The molecule has 1 aromatic carbocycles. The second kappa shape index (κ2) is 8.47. The third kappa shape index (κ3) is 3.99. The van der Waals surface area contributed by atoms with Crippen LogP contribution in [0, 0.1) is 5.82 Å². The van der Waals surface area contributed by atoms with E-state index in [0.717, 1.165) is 77.1 Å². The number of rotatable bonds is 6. The van der Waals surface area contributed by atoms with Gasteiger partial charge in [0, 0.05) is 45.0 Å². The van der Waals surface area contributed by atoms with E-state index >= 15 is 0 Å². The molecule has 0 aromatic heterocycles. The fourth-order valence-electron chi connectivity index (χ4n) is 4.54. The topological polar surface area (TPSA) is 47.1 Å². The molecule has 3 amide bonds. The highest BCUT2D eigenvalue weighted by atomic mass is 19.1. The van der Waals surface area contributed by atoms with Crippen LogP contribution in [0.1, 0.15) is 32.1 Å². The number of piperidine rings is 1. The van der Waals surface area contributed by atoms with Crippen LogP contribution in [0.15, 0.2) is 24.3 Å². The second-order valence-corrected chi connectivity index (χ2v) is 7.99. The number of carbonyl (C=O) groups excluding carboxylic acids is 2. The van der Waals surface area contributed by atoms with Gasteiger partial charge >= 0.3 is 6.03 Å². The van der Waals surface area contributed by atoms with Gasteiger partial charge < -0.3 is 9.80 Å². The van der Waals surface area contributed by atoms with Crippen molar-refractivity contribution in [2.45, 2.75) is 38.1 Å². The molecule has 4 rings (SSSR count). The van der Waals surface area contributed by atoms with E-state index in [1.54, 1.807) is 4.90 Å². The van der Waals surface area contributed by atoms with E-state index in [1.165, 1.54) is 17.0 Å². The molecule has 3 fully saturated rings. The summed E-state index contributed by atoms with van der Waals surface area (Å²) in [4.78, 5) is 32.8. The molecule has 0 spiro atoms. The maximum absolute atomic E-state index is 13.1. The standard InChI is InChI=1S/C21H29FN4O2/c22-17-6-8-18(9-7-17)24-15-13-23(14-16-24)10-3-4-12-26-20(27)19-5-1-2-11-25(19)21(26)28/h6-9,19H,1-5,10-16H2/t19-/m1/s1. The van der Waals surface area contributed by atoms with Crippen LogP contribution in [-0.4, -0.2) is 78.5 Å². The molecule has 3 aliphatic rings. The molecule has 0 bridgehead atoms. The van der Waals surface area contributed by atoms with Gasteiger partial charge in [0.2, 0.25) is 0 Å². The molecular weight excluding hydrogens is 359 g/mol. The Bertz CT molecular complexity index is 679. The first-order valence-corrected chi connectivity index (χ1v) is 10.5. The maximum Gasteiger partial charge on any atom is 0.327 e. The minimum atomic E-state index is -0.201. The first-order valence-electron chi connectivity index (χ1n) is 10.5. The van der Waals surface area contributed by atoms with Crippen molar-refractivity contribution in [3.63, 3.8) is 0 Å². The smallest absolute Gasteiger partial charge is 0.327 e. The number of piperazine rings is 1. The number of hydrogen-bond donors (Lipinski definition) is 0. The Morgan fingerprint density at radius 1 is 0.893 bits per heavy atom. The van der Waals surface area contributed by atoms with Gasteiger partial charge in [-0.3, -0.25) is 14.6 Å². The molecule has 0 N–H and O–H groups in total. The summed E-state index contributed by atoms with van der Waals surface area (Å²) in [6, 6.07) is 6.42. The molecule has 6 nitrogen and oxygen atoms in total. The number of carbonyl (C=O) groups is 2. The average Bonchev–Trinajstić information content (AvgIpc) is 2.97. The summed E-state index contributed by atoms with van der Waals surface area (Å²) in [5.41, 5.74) is 1.07. The van der Waals surface area contributed by atoms with Gasteiger partial charge in [-0.05, 0) is 62.9 Å². The summed E-state index contributed by atoms with van der Waals surface area (Å²) >= 11 is 0. The number of anilines is 1. The molecule has 7 heteroatoms. The number of halogens is 1. The molecule has 1 aromatic rings. The van der Waals surface area contributed by atoms with E-state index in [2.05, 4.69) is 9.80 Å². The summed E-state index contributed by atoms with van der Waals surface area (Å²) in [5.74, 6) is -0.189. The summed E-state index contributed by atoms with van der Waals surface area (Å²) in [5, 5.41) is 0. The number of amides is 3. The van der Waals surface area contributed by atoms with Crippen LogP contribution in [0.25, 0.3) is 0 Å². The van der Waals surface area contributed by atoms with E-state index in [-0.39, 0.29) is 23.8 Å². The van der Waals surface area contributed by atoms with Gasteiger partial charge in [0.05, 0.1) is 0 Å². The van der Waals surface area contributed by atoms with Gasteiger partial charge in [-0.25, -0.2) is 9.18 Å². The number of unbranched alkanes of at least 4 members (excludes halogenated alkanes) is 1. The lowest BCUT2D eigenvalue weighted by Gasteiger charge is -2.36. The molecular formula is C21H29FN4O2. The monoisotopic (exact) mass is 388 g/mol. The predicted octanol–water partition coefficient (Wildman–Crippen LogP) is 2.54. The number of fused-ring (bicyclic) bond motifs is 1. The van der Waals surface area contributed by atoms with E-state index in [9.17, 15) is 14.0 Å². The van der Waals surface area contributed by atoms with Gasteiger partial charge in [-0.2, -0.15) is 0 Å². The number of imide groups is 1. The van der Waals surface area contributed by atoms with Crippen molar-refractivity contribution in [3.05, 3.63) is 30.1 Å². The van der Waals surface area contributed by atoms with Gasteiger partial charge in [0.15, 0.2) is 0 Å². The van der Waals surface area contributed by atoms with Crippen molar-refractivity contribution in [2.75, 3.05) is 50.7 Å². The van der Waals surface area contributed by atoms with Crippen LogP contribution in [0.5, 0.6) is 0 Å². The number of urea groups is 1. The van der Waals surface area contributed by atoms with Gasteiger partial charge in [-0.1, -0.05) is 0 Å². The highest BCUT2D eigenvalue weighted by molar-refractivity contribution is 6.04. The van der Waals surface area contributed by atoms with E-state index in [4.69, 9.17) is 0 Å². The Kier molecular flexibility index (Phi) is 5.80. The Labute approximate surface area is 165 Å². The third-order valence-electron chi connectivity index (χ3n) is 6.20. The van der Waals surface area contributed by atoms with Crippen molar-refractivity contribution in [3.8, 4) is 0 Å². The molecule has 0 aliphatic carbocycles. The highest BCUT2D eigenvalue weighted by Gasteiger charge is 2.45. The van der Waals surface area contributed by atoms with E-state index in [0.29, 0.717) is 6.54 Å². The van der Waals surface area contributed by atoms with Crippen LogP contribution in [0.3, 0.4) is 0 Å². The first kappa shape index (κ1) is 19.2. The van der Waals surface area contributed by atoms with Crippen LogP contribution in [0.2, 0.25) is 0 Å². The zero-order valence-electron chi connectivity index (χ0n) is 16.4. The molecule has 3 aliphatic heterocycles. The lowest BCUT2D eigenvalue weighted by Crippen LogP contribution is -2.46. The maximum atomic E-state index is 13.1. The van der Waals surface area contributed by atoms with Crippen molar-refractivity contribution < 1.29 is 14.0 Å². The number of nitrogens with zero attached hydrogens (tertiary/aromatic N) is 4. The second-order valence-electron chi connectivity index (χ2n) is 7.99. The van der Waals surface area contributed by atoms with Crippen molar-refractivity contribution in [1.29, 1.82) is 0 Å². The fourth-order valence-corrected chi connectivity index (χ4v) is 4.54. The zero-order chi connectivity index (χ0) is 19.5. The van der Waals surface area contributed by atoms with Crippen molar-refractivity contribution in [2.24, 2.45) is 0 Å². The molecule has 0 radical (unpaired) electrons. The molecule has 152 valence electrons. The van der Waals surface area contributed by atoms with Gasteiger partial charge in [-0.15, -0.1) is 0 Å². The SMILES string of the molecule is O=C1[C@H]2CCCCN2C(=O)N1CCCCN1CCN(c2ccc(F)cc2)CC1. The van der Waals surface area contributed by atoms with Crippen LogP contribution in [0.4, 0.5) is 14.9 Å². The van der Waals surface area contributed by atoms with Crippen molar-refractivity contribution >= 4 is 17.6 Å². The predicted molar refractivity (Wildman–Crippen MR) is 106 cm³/mol. The van der Waals surface area contributed by atoms with Crippen LogP contribution in [-0.2, 0) is 4.79 Å². The Morgan fingerprint density at radius 2 is 1.61 bits per heavy atom. The lowest BCUT2D eigenvalue weighted by molar-refractivity contribution is -0.128. The minimum absolute atomic E-state index is 0.0117.